The number of nitrogen functional groups attached to an aromatic ring is 1. The zero-order valence-corrected chi connectivity index (χ0v) is 14.0. The lowest BCUT2D eigenvalue weighted by Gasteiger charge is -2.11. The minimum atomic E-state index is -3.99. The molecule has 21 heavy (non-hydrogen) atoms. The van der Waals surface area contributed by atoms with Gasteiger partial charge in [0, 0.05) is 15.7 Å². The summed E-state index contributed by atoms with van der Waals surface area (Å²) in [6.45, 7) is 1.47. The molecule has 0 aromatic heterocycles. The fourth-order valence-electron chi connectivity index (χ4n) is 1.61. The van der Waals surface area contributed by atoms with Gasteiger partial charge in [-0.2, -0.15) is 0 Å². The highest BCUT2D eigenvalue weighted by molar-refractivity contribution is 9.10. The van der Waals surface area contributed by atoms with E-state index in [0.29, 0.717) is 4.47 Å². The number of hydrogen-bond acceptors (Lipinski definition) is 3. The van der Waals surface area contributed by atoms with Crippen molar-refractivity contribution >= 4 is 48.9 Å². The van der Waals surface area contributed by atoms with Crippen molar-refractivity contribution in [2.45, 2.75) is 11.8 Å². The number of anilines is 2. The van der Waals surface area contributed by atoms with Crippen molar-refractivity contribution in [3.63, 3.8) is 0 Å². The van der Waals surface area contributed by atoms with Crippen molar-refractivity contribution in [3.05, 3.63) is 51.2 Å². The molecule has 2 aromatic carbocycles. The molecule has 0 aliphatic rings. The van der Waals surface area contributed by atoms with E-state index in [1.165, 1.54) is 25.1 Å². The van der Waals surface area contributed by atoms with Gasteiger partial charge in [-0.05, 0) is 37.3 Å². The van der Waals surface area contributed by atoms with Crippen molar-refractivity contribution in [1.82, 2.24) is 0 Å². The summed E-state index contributed by atoms with van der Waals surface area (Å²) in [6.07, 6.45) is 0. The molecule has 112 valence electrons. The van der Waals surface area contributed by atoms with E-state index in [1.54, 1.807) is 6.07 Å². The van der Waals surface area contributed by atoms with E-state index in [1.807, 2.05) is 0 Å². The maximum atomic E-state index is 13.6. The first-order chi connectivity index (χ1) is 9.70. The lowest BCUT2D eigenvalue weighted by atomic mass is 10.2. The first-order valence-electron chi connectivity index (χ1n) is 5.74. The molecule has 0 atom stereocenters. The molecule has 0 saturated carbocycles. The van der Waals surface area contributed by atoms with Crippen molar-refractivity contribution in [1.29, 1.82) is 0 Å². The van der Waals surface area contributed by atoms with Crippen molar-refractivity contribution in [2.24, 2.45) is 0 Å². The van der Waals surface area contributed by atoms with Gasteiger partial charge < -0.3 is 5.73 Å². The maximum Gasteiger partial charge on any atom is 0.262 e. The van der Waals surface area contributed by atoms with Gasteiger partial charge in [0.05, 0.1) is 15.6 Å². The number of benzene rings is 2. The molecule has 0 unspecified atom stereocenters. The SMILES string of the molecule is Cc1c(N)cc(S(=O)(=O)Nc2cc(Br)ccc2Cl)cc1F. The Labute approximate surface area is 135 Å². The Morgan fingerprint density at radius 2 is 1.95 bits per heavy atom. The molecule has 2 rings (SSSR count). The van der Waals surface area contributed by atoms with Crippen LogP contribution in [0.3, 0.4) is 0 Å². The van der Waals surface area contributed by atoms with Gasteiger partial charge in [-0.15, -0.1) is 0 Å². The number of nitrogens with one attached hydrogen (secondary N) is 1. The summed E-state index contributed by atoms with van der Waals surface area (Å²) in [5.74, 6) is -0.685. The Morgan fingerprint density at radius 3 is 2.57 bits per heavy atom. The van der Waals surface area contributed by atoms with Gasteiger partial charge >= 0.3 is 0 Å². The van der Waals surface area contributed by atoms with Crippen LogP contribution in [0.15, 0.2) is 39.7 Å². The molecule has 0 heterocycles. The second-order valence-electron chi connectivity index (χ2n) is 4.35. The lowest BCUT2D eigenvalue weighted by molar-refractivity contribution is 0.593. The van der Waals surface area contributed by atoms with Crippen molar-refractivity contribution in [3.8, 4) is 0 Å². The largest absolute Gasteiger partial charge is 0.398 e. The second-order valence-corrected chi connectivity index (χ2v) is 7.35. The highest BCUT2D eigenvalue weighted by Gasteiger charge is 2.19. The van der Waals surface area contributed by atoms with Gasteiger partial charge in [-0.1, -0.05) is 27.5 Å². The smallest absolute Gasteiger partial charge is 0.262 e. The molecule has 2 aromatic rings. The quantitative estimate of drug-likeness (QED) is 0.776. The Kier molecular flexibility index (Phi) is 4.46. The highest BCUT2D eigenvalue weighted by Crippen LogP contribution is 2.29. The first-order valence-corrected chi connectivity index (χ1v) is 8.39. The average Bonchev–Trinajstić information content (AvgIpc) is 2.39. The first kappa shape index (κ1) is 16.1. The van der Waals surface area contributed by atoms with E-state index < -0.39 is 15.8 Å². The fourth-order valence-corrected chi connectivity index (χ4v) is 3.31. The van der Waals surface area contributed by atoms with Crippen LogP contribution in [0, 0.1) is 12.7 Å². The predicted molar refractivity (Wildman–Crippen MR) is 85.5 cm³/mol. The van der Waals surface area contributed by atoms with Crippen LogP contribution in [0.4, 0.5) is 15.8 Å². The number of hydrogen-bond donors (Lipinski definition) is 2. The van der Waals surface area contributed by atoms with Crippen LogP contribution in [0.25, 0.3) is 0 Å². The zero-order valence-electron chi connectivity index (χ0n) is 10.8. The summed E-state index contributed by atoms with van der Waals surface area (Å²) in [5.41, 5.74) is 6.05. The van der Waals surface area contributed by atoms with Gasteiger partial charge in [-0.25, -0.2) is 12.8 Å². The number of halogens is 3. The fraction of sp³-hybridized carbons (Fsp3) is 0.0769. The summed E-state index contributed by atoms with van der Waals surface area (Å²) in [4.78, 5) is -0.265. The topological polar surface area (TPSA) is 72.2 Å². The molecule has 0 bridgehead atoms. The minimum absolute atomic E-state index is 0.0655. The summed E-state index contributed by atoms with van der Waals surface area (Å²) in [7, 11) is -3.99. The predicted octanol–water partition coefficient (Wildman–Crippen LogP) is 3.93. The van der Waals surface area contributed by atoms with Gasteiger partial charge in [0.15, 0.2) is 0 Å². The van der Waals surface area contributed by atoms with Crippen LogP contribution in [-0.2, 0) is 10.0 Å². The minimum Gasteiger partial charge on any atom is -0.398 e. The molecule has 0 saturated heterocycles. The van der Waals surface area contributed by atoms with Gasteiger partial charge in [0.25, 0.3) is 10.0 Å². The third kappa shape index (κ3) is 3.48. The molecule has 0 aliphatic carbocycles. The monoisotopic (exact) mass is 392 g/mol. The summed E-state index contributed by atoms with van der Waals surface area (Å²) in [6, 6.07) is 6.83. The molecular weight excluding hydrogens is 383 g/mol. The molecular formula is C13H11BrClFN2O2S. The number of rotatable bonds is 3. The van der Waals surface area contributed by atoms with Crippen LogP contribution < -0.4 is 10.5 Å². The van der Waals surface area contributed by atoms with Gasteiger partial charge in [-0.3, -0.25) is 4.72 Å². The molecule has 3 N–H and O–H groups in total. The molecule has 0 radical (unpaired) electrons. The van der Waals surface area contributed by atoms with Crippen LogP contribution in [0.5, 0.6) is 0 Å². The van der Waals surface area contributed by atoms with Crippen LogP contribution in [-0.4, -0.2) is 8.42 Å². The van der Waals surface area contributed by atoms with Crippen molar-refractivity contribution < 1.29 is 12.8 Å². The third-order valence-corrected chi connectivity index (χ3v) is 5.01. The van der Waals surface area contributed by atoms with E-state index in [0.717, 1.165) is 6.07 Å². The number of sulfonamides is 1. The van der Waals surface area contributed by atoms with Crippen molar-refractivity contribution in [2.75, 3.05) is 10.5 Å². The normalized spacial score (nSPS) is 11.4. The average molecular weight is 394 g/mol. The summed E-state index contributed by atoms with van der Waals surface area (Å²) >= 11 is 9.15. The molecule has 8 heteroatoms. The van der Waals surface area contributed by atoms with E-state index in [-0.39, 0.29) is 26.9 Å². The van der Waals surface area contributed by atoms with E-state index >= 15 is 0 Å². The Balaban J connectivity index is 2.46. The standard InChI is InChI=1S/C13H11BrClFN2O2S/c1-7-11(16)5-9(6-12(7)17)21(19,20)18-13-4-8(14)2-3-10(13)15/h2-6,18H,17H2,1H3. The van der Waals surface area contributed by atoms with Crippen LogP contribution >= 0.6 is 27.5 Å². The van der Waals surface area contributed by atoms with Crippen LogP contribution in [0.2, 0.25) is 5.02 Å². The molecule has 0 amide bonds. The Bertz CT molecular complexity index is 789. The lowest BCUT2D eigenvalue weighted by Crippen LogP contribution is -2.14. The Morgan fingerprint density at radius 1 is 1.29 bits per heavy atom. The highest BCUT2D eigenvalue weighted by atomic mass is 79.9. The van der Waals surface area contributed by atoms with E-state index in [9.17, 15) is 12.8 Å². The maximum absolute atomic E-state index is 13.6. The Hall–Kier alpha value is -1.31. The van der Waals surface area contributed by atoms with E-state index in [4.69, 9.17) is 17.3 Å². The summed E-state index contributed by atoms with van der Waals surface area (Å²) < 4.78 is 41.2. The van der Waals surface area contributed by atoms with Gasteiger partial charge in [0.1, 0.15) is 5.82 Å². The third-order valence-electron chi connectivity index (χ3n) is 2.84. The molecule has 4 nitrogen and oxygen atoms in total. The second kappa shape index (κ2) is 5.82. The summed E-state index contributed by atoms with van der Waals surface area (Å²) in [5, 5.41) is 0.224. The molecule has 0 spiro atoms. The zero-order chi connectivity index (χ0) is 15.8. The van der Waals surface area contributed by atoms with Gasteiger partial charge in [0.2, 0.25) is 0 Å². The van der Waals surface area contributed by atoms with Crippen LogP contribution in [0.1, 0.15) is 5.56 Å². The number of nitrogens with two attached hydrogens (primary N) is 1. The molecule has 0 fully saturated rings. The molecule has 0 aliphatic heterocycles. The van der Waals surface area contributed by atoms with E-state index in [2.05, 4.69) is 20.7 Å².